The van der Waals surface area contributed by atoms with Gasteiger partial charge in [-0.05, 0) is 31.0 Å². The van der Waals surface area contributed by atoms with Gasteiger partial charge in [0.05, 0.1) is 16.6 Å². The van der Waals surface area contributed by atoms with Gasteiger partial charge in [-0.2, -0.15) is 0 Å². The summed E-state index contributed by atoms with van der Waals surface area (Å²) < 4.78 is 0. The number of nitrogens with one attached hydrogen (secondary N) is 1. The van der Waals surface area contributed by atoms with Crippen molar-refractivity contribution < 1.29 is 4.79 Å². The van der Waals surface area contributed by atoms with Gasteiger partial charge in [0.2, 0.25) is 5.91 Å². The minimum absolute atomic E-state index is 0.0287. The van der Waals surface area contributed by atoms with Crippen LogP contribution in [0.5, 0.6) is 0 Å². The standard InChI is InChI=1S/C20H20N2OS/c1-3-18(15-7-5-4-6-8-15)20(23)22-17-11-9-16(10-12-17)19-13-24-14(2)21-19/h4-13,18H,3H2,1-2H3,(H,22,23). The van der Waals surface area contributed by atoms with E-state index in [1.54, 1.807) is 11.3 Å². The first kappa shape index (κ1) is 16.4. The summed E-state index contributed by atoms with van der Waals surface area (Å²) in [6.45, 7) is 4.03. The van der Waals surface area contributed by atoms with Crippen molar-refractivity contribution >= 4 is 22.9 Å². The average molecular weight is 336 g/mol. The predicted molar refractivity (Wildman–Crippen MR) is 100 cm³/mol. The Balaban J connectivity index is 1.72. The second-order valence-corrected chi connectivity index (χ2v) is 6.75. The van der Waals surface area contributed by atoms with Crippen LogP contribution in [0.2, 0.25) is 0 Å². The lowest BCUT2D eigenvalue weighted by atomic mass is 9.95. The molecule has 0 bridgehead atoms. The van der Waals surface area contributed by atoms with E-state index in [2.05, 4.69) is 10.3 Å². The molecule has 3 rings (SSSR count). The number of rotatable bonds is 5. The summed E-state index contributed by atoms with van der Waals surface area (Å²) in [6.07, 6.45) is 0.770. The van der Waals surface area contributed by atoms with Gasteiger partial charge in [-0.1, -0.05) is 49.4 Å². The van der Waals surface area contributed by atoms with Crippen LogP contribution in [0.15, 0.2) is 60.0 Å². The van der Waals surface area contributed by atoms with E-state index in [0.717, 1.165) is 33.9 Å². The quantitative estimate of drug-likeness (QED) is 0.691. The molecule has 4 heteroatoms. The van der Waals surface area contributed by atoms with Crippen LogP contribution < -0.4 is 5.32 Å². The summed E-state index contributed by atoms with van der Waals surface area (Å²) in [4.78, 5) is 17.1. The fourth-order valence-corrected chi connectivity index (χ4v) is 3.33. The number of carbonyl (C=O) groups is 1. The molecule has 0 radical (unpaired) electrons. The second kappa shape index (κ2) is 7.41. The monoisotopic (exact) mass is 336 g/mol. The van der Waals surface area contributed by atoms with Crippen molar-refractivity contribution in [1.29, 1.82) is 0 Å². The zero-order valence-corrected chi connectivity index (χ0v) is 14.6. The molecule has 3 nitrogen and oxygen atoms in total. The molecule has 24 heavy (non-hydrogen) atoms. The summed E-state index contributed by atoms with van der Waals surface area (Å²) in [7, 11) is 0. The molecule has 0 fully saturated rings. The summed E-state index contributed by atoms with van der Waals surface area (Å²) >= 11 is 1.64. The summed E-state index contributed by atoms with van der Waals surface area (Å²) in [5, 5.41) is 6.12. The number of amides is 1. The third-order valence-electron chi connectivity index (χ3n) is 3.99. The molecule has 0 aliphatic carbocycles. The Morgan fingerprint density at radius 1 is 1.12 bits per heavy atom. The van der Waals surface area contributed by atoms with Crippen LogP contribution in [-0.4, -0.2) is 10.9 Å². The van der Waals surface area contributed by atoms with Gasteiger partial charge in [0.15, 0.2) is 0 Å². The van der Waals surface area contributed by atoms with E-state index in [-0.39, 0.29) is 11.8 Å². The number of nitrogens with zero attached hydrogens (tertiary/aromatic N) is 1. The molecule has 1 N–H and O–H groups in total. The third-order valence-corrected chi connectivity index (χ3v) is 4.77. The lowest BCUT2D eigenvalue weighted by Gasteiger charge is -2.15. The van der Waals surface area contributed by atoms with Gasteiger partial charge in [0.25, 0.3) is 0 Å². The second-order valence-electron chi connectivity index (χ2n) is 5.69. The van der Waals surface area contributed by atoms with Crippen molar-refractivity contribution in [3.8, 4) is 11.3 Å². The van der Waals surface area contributed by atoms with Crippen LogP contribution in [0, 0.1) is 6.92 Å². The summed E-state index contributed by atoms with van der Waals surface area (Å²) in [6, 6.07) is 17.8. The molecule has 0 saturated heterocycles. The maximum absolute atomic E-state index is 12.6. The minimum atomic E-state index is -0.132. The van der Waals surface area contributed by atoms with Crippen molar-refractivity contribution in [2.75, 3.05) is 5.32 Å². The SMILES string of the molecule is CCC(C(=O)Nc1ccc(-c2csc(C)n2)cc1)c1ccccc1. The Morgan fingerprint density at radius 2 is 1.83 bits per heavy atom. The highest BCUT2D eigenvalue weighted by molar-refractivity contribution is 7.09. The van der Waals surface area contributed by atoms with Gasteiger partial charge in [-0.25, -0.2) is 4.98 Å². The molecular formula is C20H20N2OS. The molecule has 1 heterocycles. The summed E-state index contributed by atoms with van der Waals surface area (Å²) in [5.74, 6) is -0.104. The molecule has 1 aromatic heterocycles. The van der Waals surface area contributed by atoms with Crippen molar-refractivity contribution in [3.63, 3.8) is 0 Å². The highest BCUT2D eigenvalue weighted by atomic mass is 32.1. The number of benzene rings is 2. The lowest BCUT2D eigenvalue weighted by molar-refractivity contribution is -0.117. The molecule has 0 spiro atoms. The predicted octanol–water partition coefficient (Wildman–Crippen LogP) is 5.25. The Bertz CT molecular complexity index is 809. The summed E-state index contributed by atoms with van der Waals surface area (Å²) in [5.41, 5.74) is 3.90. The molecule has 0 aliphatic rings. The molecule has 1 atom stereocenters. The van der Waals surface area contributed by atoms with E-state index < -0.39 is 0 Å². The molecule has 3 aromatic rings. The average Bonchev–Trinajstić information content (AvgIpc) is 3.04. The normalized spacial score (nSPS) is 11.9. The molecular weight excluding hydrogens is 316 g/mol. The van der Waals surface area contributed by atoms with Crippen molar-refractivity contribution in [2.24, 2.45) is 0 Å². The molecule has 1 amide bonds. The molecule has 0 saturated carbocycles. The zero-order valence-electron chi connectivity index (χ0n) is 13.8. The van der Waals surface area contributed by atoms with Crippen molar-refractivity contribution in [3.05, 3.63) is 70.5 Å². The van der Waals surface area contributed by atoms with Gasteiger partial charge < -0.3 is 5.32 Å². The van der Waals surface area contributed by atoms with Crippen molar-refractivity contribution in [1.82, 2.24) is 4.98 Å². The first-order chi connectivity index (χ1) is 11.7. The molecule has 0 aliphatic heterocycles. The number of hydrogen-bond acceptors (Lipinski definition) is 3. The molecule has 122 valence electrons. The van der Waals surface area contributed by atoms with E-state index >= 15 is 0 Å². The van der Waals surface area contributed by atoms with Gasteiger partial charge in [-0.15, -0.1) is 11.3 Å². The van der Waals surface area contributed by atoms with Crippen molar-refractivity contribution in [2.45, 2.75) is 26.2 Å². The number of aromatic nitrogens is 1. The largest absolute Gasteiger partial charge is 0.326 e. The Labute approximate surface area is 146 Å². The van der Waals surface area contributed by atoms with Crippen LogP contribution in [0.25, 0.3) is 11.3 Å². The Kier molecular flexibility index (Phi) is 5.06. The van der Waals surface area contributed by atoms with E-state index in [4.69, 9.17) is 0 Å². The Morgan fingerprint density at radius 3 is 2.42 bits per heavy atom. The maximum atomic E-state index is 12.6. The van der Waals surface area contributed by atoms with Gasteiger partial charge >= 0.3 is 0 Å². The van der Waals surface area contributed by atoms with Crippen LogP contribution >= 0.6 is 11.3 Å². The van der Waals surface area contributed by atoms with Crippen LogP contribution in [0.4, 0.5) is 5.69 Å². The third kappa shape index (κ3) is 3.71. The highest BCUT2D eigenvalue weighted by Gasteiger charge is 2.18. The van der Waals surface area contributed by atoms with E-state index in [1.807, 2.05) is 73.8 Å². The number of carbonyl (C=O) groups excluding carboxylic acids is 1. The smallest absolute Gasteiger partial charge is 0.231 e. The minimum Gasteiger partial charge on any atom is -0.326 e. The van der Waals surface area contributed by atoms with Crippen LogP contribution in [-0.2, 0) is 4.79 Å². The van der Waals surface area contributed by atoms with Crippen LogP contribution in [0.3, 0.4) is 0 Å². The van der Waals surface area contributed by atoms with Gasteiger partial charge in [0, 0.05) is 16.6 Å². The number of hydrogen-bond donors (Lipinski definition) is 1. The first-order valence-corrected chi connectivity index (χ1v) is 8.93. The Hall–Kier alpha value is -2.46. The van der Waals surface area contributed by atoms with Gasteiger partial charge in [-0.3, -0.25) is 4.79 Å². The number of anilines is 1. The topological polar surface area (TPSA) is 42.0 Å². The lowest BCUT2D eigenvalue weighted by Crippen LogP contribution is -2.20. The maximum Gasteiger partial charge on any atom is 0.231 e. The highest BCUT2D eigenvalue weighted by Crippen LogP contribution is 2.25. The molecule has 2 aromatic carbocycles. The number of aryl methyl sites for hydroxylation is 1. The van der Waals surface area contributed by atoms with Crippen LogP contribution in [0.1, 0.15) is 29.8 Å². The van der Waals surface area contributed by atoms with E-state index in [9.17, 15) is 4.79 Å². The first-order valence-electron chi connectivity index (χ1n) is 8.05. The fourth-order valence-electron chi connectivity index (χ4n) is 2.71. The van der Waals surface area contributed by atoms with E-state index in [1.165, 1.54) is 0 Å². The zero-order chi connectivity index (χ0) is 16.9. The number of thiazole rings is 1. The fraction of sp³-hybridized carbons (Fsp3) is 0.200. The van der Waals surface area contributed by atoms with Gasteiger partial charge in [0.1, 0.15) is 0 Å². The molecule has 1 unspecified atom stereocenters. The van der Waals surface area contributed by atoms with E-state index in [0.29, 0.717) is 0 Å².